The molecular weight excluding hydrogens is 192 g/mol. The molecule has 0 radical (unpaired) electrons. The van der Waals surface area contributed by atoms with Gasteiger partial charge >= 0.3 is 6.09 Å². The first-order chi connectivity index (χ1) is 6.11. The molecule has 0 aromatic rings. The molecule has 0 aliphatic carbocycles. The second kappa shape index (κ2) is 6.73. The summed E-state index contributed by atoms with van der Waals surface area (Å²) in [7, 11) is 1.43. The van der Waals surface area contributed by atoms with Crippen molar-refractivity contribution < 1.29 is 14.2 Å². The van der Waals surface area contributed by atoms with Gasteiger partial charge in [-0.2, -0.15) is 0 Å². The number of nitrogens with zero attached hydrogens (tertiary/aromatic N) is 1. The zero-order valence-corrected chi connectivity index (χ0v) is 8.81. The summed E-state index contributed by atoms with van der Waals surface area (Å²) in [4.78, 5) is 15.0. The second-order valence-corrected chi connectivity index (χ2v) is 3.70. The maximum Gasteiger partial charge on any atom is 0.433 e. The van der Waals surface area contributed by atoms with E-state index >= 15 is 0 Å². The third kappa shape index (κ3) is 5.48. The van der Waals surface area contributed by atoms with E-state index in [-0.39, 0.29) is 0 Å². The Bertz CT molecular complexity index is 194. The van der Waals surface area contributed by atoms with E-state index in [4.69, 9.17) is 0 Å². The number of oxime groups is 1. The van der Waals surface area contributed by atoms with E-state index in [9.17, 15) is 9.35 Å². The largest absolute Gasteiger partial charge is 0.611 e. The van der Waals surface area contributed by atoms with Crippen LogP contribution >= 0.6 is 0 Å². The second-order valence-electron chi connectivity index (χ2n) is 2.32. The molecular formula is C7H14N2O3S. The lowest BCUT2D eigenvalue weighted by Crippen LogP contribution is -2.19. The normalized spacial score (nSPS) is 13.7. The number of carbonyl (C=O) groups excluding carboxylic acids is 1. The van der Waals surface area contributed by atoms with Crippen LogP contribution in [0.2, 0.25) is 0 Å². The highest BCUT2D eigenvalue weighted by Crippen LogP contribution is 2.00. The Hall–Kier alpha value is -0.750. The Balaban J connectivity index is 4.11. The minimum absolute atomic E-state index is 0.395. The standard InChI is InChI=1S/C7H14N2O3S/c1-4-5-6(13(3)11)9-12-7(10)8-2/h4-5H2,1-3H3,(H,8,10). The molecule has 0 heterocycles. The van der Waals surface area contributed by atoms with Crippen LogP contribution in [0.3, 0.4) is 0 Å². The molecule has 13 heavy (non-hydrogen) atoms. The van der Waals surface area contributed by atoms with Gasteiger partial charge in [0.2, 0.25) is 0 Å². The van der Waals surface area contributed by atoms with Crippen LogP contribution < -0.4 is 5.32 Å². The van der Waals surface area contributed by atoms with Crippen LogP contribution in [0.25, 0.3) is 0 Å². The molecule has 76 valence electrons. The number of nitrogens with one attached hydrogen (secondary N) is 1. The molecule has 6 heteroatoms. The van der Waals surface area contributed by atoms with Gasteiger partial charge in [0.1, 0.15) is 6.26 Å². The number of carbonyl (C=O) groups is 1. The average molecular weight is 206 g/mol. The quantitative estimate of drug-likeness (QED) is 0.244. The third-order valence-corrected chi connectivity index (χ3v) is 2.17. The summed E-state index contributed by atoms with van der Waals surface area (Å²) in [5.74, 6) is 0. The van der Waals surface area contributed by atoms with Crippen molar-refractivity contribution in [2.75, 3.05) is 13.3 Å². The molecule has 1 N–H and O–H groups in total. The highest BCUT2D eigenvalue weighted by atomic mass is 32.2. The minimum Gasteiger partial charge on any atom is -0.611 e. The van der Waals surface area contributed by atoms with Crippen LogP contribution in [0.15, 0.2) is 5.16 Å². The summed E-state index contributed by atoms with van der Waals surface area (Å²) < 4.78 is 11.0. The van der Waals surface area contributed by atoms with E-state index in [2.05, 4.69) is 15.3 Å². The molecule has 0 spiro atoms. The topological polar surface area (TPSA) is 73.8 Å². The van der Waals surface area contributed by atoms with E-state index in [0.717, 1.165) is 6.42 Å². The predicted molar refractivity (Wildman–Crippen MR) is 52.0 cm³/mol. The first-order valence-corrected chi connectivity index (χ1v) is 5.46. The highest BCUT2D eigenvalue weighted by Gasteiger charge is 2.11. The van der Waals surface area contributed by atoms with E-state index < -0.39 is 17.3 Å². The van der Waals surface area contributed by atoms with Gasteiger partial charge < -0.3 is 9.87 Å². The van der Waals surface area contributed by atoms with E-state index in [1.54, 1.807) is 0 Å². The molecule has 5 nitrogen and oxygen atoms in total. The molecule has 1 unspecified atom stereocenters. The lowest BCUT2D eigenvalue weighted by molar-refractivity contribution is 0.153. The van der Waals surface area contributed by atoms with Gasteiger partial charge in [0, 0.05) is 24.6 Å². The minimum atomic E-state index is -1.18. The van der Waals surface area contributed by atoms with Crippen molar-refractivity contribution in [3.05, 3.63) is 0 Å². The van der Waals surface area contributed by atoms with Crippen molar-refractivity contribution in [2.24, 2.45) is 5.16 Å². The van der Waals surface area contributed by atoms with Crippen LogP contribution in [0.4, 0.5) is 4.79 Å². The van der Waals surface area contributed by atoms with Gasteiger partial charge in [0.05, 0.1) is 0 Å². The fourth-order valence-electron chi connectivity index (χ4n) is 0.594. The molecule has 0 aliphatic heterocycles. The molecule has 0 rings (SSSR count). The van der Waals surface area contributed by atoms with Crippen molar-refractivity contribution in [1.82, 2.24) is 5.32 Å². The number of rotatable bonds is 3. The Morgan fingerprint density at radius 2 is 2.31 bits per heavy atom. The van der Waals surface area contributed by atoms with Crippen LogP contribution in [0.5, 0.6) is 0 Å². The van der Waals surface area contributed by atoms with Gasteiger partial charge in [-0.1, -0.05) is 6.92 Å². The smallest absolute Gasteiger partial charge is 0.433 e. The van der Waals surface area contributed by atoms with Crippen LogP contribution in [0, 0.1) is 0 Å². The Morgan fingerprint density at radius 1 is 1.69 bits per heavy atom. The van der Waals surface area contributed by atoms with Crippen molar-refractivity contribution in [3.63, 3.8) is 0 Å². The fourth-order valence-corrected chi connectivity index (χ4v) is 1.23. The number of hydrogen-bond acceptors (Lipinski definition) is 4. The zero-order chi connectivity index (χ0) is 10.3. The lowest BCUT2D eigenvalue weighted by Gasteiger charge is -2.05. The molecule has 0 saturated carbocycles. The van der Waals surface area contributed by atoms with E-state index in [0.29, 0.717) is 11.5 Å². The van der Waals surface area contributed by atoms with Crippen LogP contribution in [-0.4, -0.2) is 29.0 Å². The van der Waals surface area contributed by atoms with Crippen LogP contribution in [-0.2, 0) is 16.0 Å². The maximum absolute atomic E-state index is 11.0. The summed E-state index contributed by atoms with van der Waals surface area (Å²) in [5, 5.41) is 6.12. The van der Waals surface area contributed by atoms with Gasteiger partial charge in [0.15, 0.2) is 0 Å². The third-order valence-electron chi connectivity index (χ3n) is 1.23. The fraction of sp³-hybridized carbons (Fsp3) is 0.714. The molecule has 0 bridgehead atoms. The zero-order valence-electron chi connectivity index (χ0n) is 7.99. The monoisotopic (exact) mass is 206 g/mol. The predicted octanol–water partition coefficient (Wildman–Crippen LogP) is 0.835. The summed E-state index contributed by atoms with van der Waals surface area (Å²) >= 11 is -1.18. The van der Waals surface area contributed by atoms with Gasteiger partial charge in [-0.3, -0.25) is 4.84 Å². The summed E-state index contributed by atoms with van der Waals surface area (Å²) in [6.45, 7) is 1.93. The molecule has 1 atom stereocenters. The van der Waals surface area contributed by atoms with Gasteiger partial charge in [-0.05, 0) is 11.6 Å². The van der Waals surface area contributed by atoms with Crippen molar-refractivity contribution >= 4 is 22.3 Å². The van der Waals surface area contributed by atoms with Crippen molar-refractivity contribution in [2.45, 2.75) is 19.8 Å². The van der Waals surface area contributed by atoms with Crippen molar-refractivity contribution in [3.8, 4) is 0 Å². The van der Waals surface area contributed by atoms with Crippen molar-refractivity contribution in [1.29, 1.82) is 0 Å². The van der Waals surface area contributed by atoms with Gasteiger partial charge in [-0.15, -0.1) is 0 Å². The SMILES string of the molecule is CCCC(=NOC(=O)NC)[S+](C)[O-]. The van der Waals surface area contributed by atoms with Gasteiger partial charge in [0.25, 0.3) is 5.04 Å². The first-order valence-electron chi connectivity index (χ1n) is 3.90. The first kappa shape index (κ1) is 12.2. The Morgan fingerprint density at radius 3 is 2.69 bits per heavy atom. The molecule has 0 aromatic carbocycles. The number of amides is 1. The number of hydrogen-bond donors (Lipinski definition) is 1. The van der Waals surface area contributed by atoms with E-state index in [1.165, 1.54) is 13.3 Å². The molecule has 0 aromatic heterocycles. The summed E-state index contributed by atoms with van der Waals surface area (Å²) in [6, 6.07) is 0. The van der Waals surface area contributed by atoms with Gasteiger partial charge in [-0.25, -0.2) is 4.79 Å². The maximum atomic E-state index is 11.0. The lowest BCUT2D eigenvalue weighted by atomic mass is 10.4. The van der Waals surface area contributed by atoms with E-state index in [1.807, 2.05) is 6.92 Å². The highest BCUT2D eigenvalue weighted by molar-refractivity contribution is 8.05. The molecule has 0 saturated heterocycles. The molecule has 0 fully saturated rings. The molecule has 1 amide bonds. The summed E-state index contributed by atoms with van der Waals surface area (Å²) in [5.41, 5.74) is 0. The average Bonchev–Trinajstić information content (AvgIpc) is 2.11. The Kier molecular flexibility index (Phi) is 6.34. The van der Waals surface area contributed by atoms with Crippen LogP contribution in [0.1, 0.15) is 19.8 Å². The molecule has 0 aliphatic rings. The summed E-state index contributed by atoms with van der Waals surface area (Å²) in [6.07, 6.45) is 2.23. The Labute approximate surface area is 80.7 Å².